The van der Waals surface area contributed by atoms with Crippen LogP contribution in [-0.2, 0) is 5.54 Å². The van der Waals surface area contributed by atoms with Crippen LogP contribution in [0.3, 0.4) is 0 Å². The molecule has 162 valence electrons. The number of thioether (sulfide) groups is 1. The second-order valence-electron chi connectivity index (χ2n) is 6.89. The van der Waals surface area contributed by atoms with Crippen molar-refractivity contribution in [3.8, 4) is 18.1 Å². The lowest BCUT2D eigenvalue weighted by Crippen LogP contribution is -2.37. The third-order valence-electron chi connectivity index (χ3n) is 4.57. The minimum Gasteiger partial charge on any atom is -0.479 e. The van der Waals surface area contributed by atoms with Crippen LogP contribution in [0.15, 0.2) is 35.5 Å². The Bertz CT molecular complexity index is 1060. The summed E-state index contributed by atoms with van der Waals surface area (Å²) < 4.78 is 48.2. The van der Waals surface area contributed by atoms with Crippen LogP contribution in [0, 0.1) is 24.0 Å². The number of halogens is 3. The number of hydrogen-bond donors (Lipinski definition) is 2. The van der Waals surface area contributed by atoms with Gasteiger partial charge in [0.2, 0.25) is 0 Å². The predicted octanol–water partition coefficient (Wildman–Crippen LogP) is 3.63. The van der Waals surface area contributed by atoms with Crippen molar-refractivity contribution in [2.24, 2.45) is 10.7 Å². The smallest absolute Gasteiger partial charge is 0.274 e. The monoisotopic (exact) mass is 448 g/mol. The van der Waals surface area contributed by atoms with Crippen LogP contribution in [0.2, 0.25) is 0 Å². The molecule has 0 unspecified atom stereocenters. The SMILES string of the molecule is C#CCOc1ccc(C(=O)Nc2cc(F)c(F)c([C@]3(CF)C[C@@H](C)SC(N)=N3)c2)nc1. The van der Waals surface area contributed by atoms with E-state index in [4.69, 9.17) is 16.9 Å². The van der Waals surface area contributed by atoms with Gasteiger partial charge in [-0.3, -0.25) is 4.79 Å². The summed E-state index contributed by atoms with van der Waals surface area (Å²) in [4.78, 5) is 20.5. The molecule has 1 amide bonds. The Kier molecular flexibility index (Phi) is 6.75. The quantitative estimate of drug-likeness (QED) is 0.659. The Labute approximate surface area is 181 Å². The van der Waals surface area contributed by atoms with Crippen molar-refractivity contribution < 1.29 is 22.7 Å². The van der Waals surface area contributed by atoms with E-state index in [9.17, 15) is 18.0 Å². The van der Waals surface area contributed by atoms with E-state index in [1.807, 2.05) is 0 Å². The molecule has 1 aromatic heterocycles. The Morgan fingerprint density at radius 1 is 1.45 bits per heavy atom. The molecule has 1 aliphatic rings. The van der Waals surface area contributed by atoms with Gasteiger partial charge in [0.15, 0.2) is 16.8 Å². The number of ether oxygens (including phenoxy) is 1. The standard InChI is InChI=1S/C21H19F3N4O2S/c1-3-6-30-14-4-5-17(26-10-14)19(29)27-13-7-15(18(24)16(23)8-13)21(11-22)9-12(2)31-20(25)28-21/h1,4-5,7-8,10,12H,6,9,11H2,2H3,(H2,25,28)(H,27,29)/t12-,21-/m1/s1. The largest absolute Gasteiger partial charge is 0.479 e. The summed E-state index contributed by atoms with van der Waals surface area (Å²) in [5, 5.41) is 2.37. The van der Waals surface area contributed by atoms with E-state index in [2.05, 4.69) is 21.2 Å². The van der Waals surface area contributed by atoms with E-state index < -0.39 is 29.8 Å². The van der Waals surface area contributed by atoms with Gasteiger partial charge < -0.3 is 15.8 Å². The van der Waals surface area contributed by atoms with E-state index >= 15 is 0 Å². The number of nitrogens with two attached hydrogens (primary N) is 1. The van der Waals surface area contributed by atoms with Crippen molar-refractivity contribution in [3.63, 3.8) is 0 Å². The van der Waals surface area contributed by atoms with Crippen molar-refractivity contribution in [3.05, 3.63) is 53.4 Å². The molecule has 0 fully saturated rings. The number of terminal acetylenes is 1. The maximum Gasteiger partial charge on any atom is 0.274 e. The second kappa shape index (κ2) is 9.31. The maximum atomic E-state index is 14.6. The highest BCUT2D eigenvalue weighted by Gasteiger charge is 2.41. The number of rotatable bonds is 6. The van der Waals surface area contributed by atoms with Crippen molar-refractivity contribution >= 4 is 28.5 Å². The number of carbonyl (C=O) groups is 1. The van der Waals surface area contributed by atoms with Crippen LogP contribution in [0.1, 0.15) is 29.4 Å². The molecule has 2 aromatic rings. The lowest BCUT2D eigenvalue weighted by molar-refractivity contribution is 0.102. The normalized spacial score (nSPS) is 20.5. The van der Waals surface area contributed by atoms with Gasteiger partial charge in [-0.2, -0.15) is 0 Å². The zero-order valence-corrected chi connectivity index (χ0v) is 17.3. The summed E-state index contributed by atoms with van der Waals surface area (Å²) in [6, 6.07) is 4.85. The molecular weight excluding hydrogens is 429 g/mol. The fourth-order valence-electron chi connectivity index (χ4n) is 3.25. The average Bonchev–Trinajstić information content (AvgIpc) is 2.74. The molecule has 0 saturated carbocycles. The summed E-state index contributed by atoms with van der Waals surface area (Å²) in [5.41, 5.74) is 3.72. The Morgan fingerprint density at radius 2 is 2.23 bits per heavy atom. The van der Waals surface area contributed by atoms with Gasteiger partial charge in [0, 0.05) is 22.6 Å². The van der Waals surface area contributed by atoms with Gasteiger partial charge in [-0.1, -0.05) is 24.6 Å². The number of alkyl halides is 1. The predicted molar refractivity (Wildman–Crippen MR) is 114 cm³/mol. The molecule has 0 radical (unpaired) electrons. The molecule has 31 heavy (non-hydrogen) atoms. The van der Waals surface area contributed by atoms with Crippen molar-refractivity contribution in [2.75, 3.05) is 18.6 Å². The number of aliphatic imine (C=N–C) groups is 1. The first-order valence-electron chi connectivity index (χ1n) is 9.19. The van der Waals surface area contributed by atoms with Gasteiger partial charge in [0.1, 0.15) is 30.3 Å². The molecule has 2 atom stereocenters. The van der Waals surface area contributed by atoms with Crippen LogP contribution in [-0.4, -0.2) is 34.6 Å². The Balaban J connectivity index is 1.90. The highest BCUT2D eigenvalue weighted by atomic mass is 32.2. The molecule has 0 saturated heterocycles. The van der Waals surface area contributed by atoms with Crippen LogP contribution in [0.25, 0.3) is 0 Å². The third-order valence-corrected chi connectivity index (χ3v) is 5.47. The maximum absolute atomic E-state index is 14.6. The van der Waals surface area contributed by atoms with E-state index in [0.717, 1.165) is 6.07 Å². The van der Waals surface area contributed by atoms with Gasteiger partial charge >= 0.3 is 0 Å². The summed E-state index contributed by atoms with van der Waals surface area (Å²) in [7, 11) is 0. The molecule has 0 spiro atoms. The first kappa shape index (κ1) is 22.5. The summed E-state index contributed by atoms with van der Waals surface area (Å²) in [6.45, 7) is 0.761. The number of aromatic nitrogens is 1. The molecule has 1 aromatic carbocycles. The third kappa shape index (κ3) is 4.94. The minimum atomic E-state index is -1.67. The number of nitrogens with zero attached hydrogens (tertiary/aromatic N) is 2. The number of amides is 1. The highest BCUT2D eigenvalue weighted by Crippen LogP contribution is 2.42. The second-order valence-corrected chi connectivity index (χ2v) is 8.35. The van der Waals surface area contributed by atoms with E-state index in [-0.39, 0.29) is 40.4 Å². The number of hydrogen-bond acceptors (Lipinski definition) is 6. The molecular formula is C21H19F3N4O2S. The number of amidine groups is 1. The van der Waals surface area contributed by atoms with Gasteiger partial charge in [0.05, 0.1) is 6.20 Å². The molecule has 0 bridgehead atoms. The lowest BCUT2D eigenvalue weighted by atomic mass is 9.86. The van der Waals surface area contributed by atoms with Crippen LogP contribution in [0.4, 0.5) is 18.9 Å². The van der Waals surface area contributed by atoms with Gasteiger partial charge in [-0.05, 0) is 24.6 Å². The average molecular weight is 448 g/mol. The van der Waals surface area contributed by atoms with Gasteiger partial charge in [-0.15, -0.1) is 6.42 Å². The summed E-state index contributed by atoms with van der Waals surface area (Å²) in [6.07, 6.45) is 6.53. The molecule has 10 heteroatoms. The van der Waals surface area contributed by atoms with Gasteiger partial charge in [0.25, 0.3) is 5.91 Å². The van der Waals surface area contributed by atoms with Crippen LogP contribution >= 0.6 is 11.8 Å². The van der Waals surface area contributed by atoms with Crippen molar-refractivity contribution in [2.45, 2.75) is 24.1 Å². The number of carbonyl (C=O) groups excluding carboxylic acids is 1. The van der Waals surface area contributed by atoms with E-state index in [1.165, 1.54) is 36.2 Å². The first-order chi connectivity index (χ1) is 14.8. The van der Waals surface area contributed by atoms with E-state index in [1.54, 1.807) is 6.92 Å². The summed E-state index contributed by atoms with van der Waals surface area (Å²) in [5.74, 6) is -0.486. The molecule has 3 rings (SSSR count). The molecule has 1 aliphatic heterocycles. The van der Waals surface area contributed by atoms with Crippen LogP contribution < -0.4 is 15.8 Å². The number of nitrogens with one attached hydrogen (secondary N) is 1. The van der Waals surface area contributed by atoms with Crippen LogP contribution in [0.5, 0.6) is 5.75 Å². The fourth-order valence-corrected chi connectivity index (χ4v) is 4.25. The topological polar surface area (TPSA) is 89.6 Å². The number of benzene rings is 1. The fraction of sp³-hybridized carbons (Fsp3) is 0.286. The number of pyridine rings is 1. The Morgan fingerprint density at radius 3 is 2.84 bits per heavy atom. The number of anilines is 1. The van der Waals surface area contributed by atoms with E-state index in [0.29, 0.717) is 5.75 Å². The Hall–Kier alpha value is -3.19. The first-order valence-corrected chi connectivity index (χ1v) is 10.1. The zero-order chi connectivity index (χ0) is 22.6. The molecule has 0 aliphatic carbocycles. The highest BCUT2D eigenvalue weighted by molar-refractivity contribution is 8.14. The molecule has 6 nitrogen and oxygen atoms in total. The minimum absolute atomic E-state index is 0.00417. The summed E-state index contributed by atoms with van der Waals surface area (Å²) >= 11 is 1.23. The lowest BCUT2D eigenvalue weighted by Gasteiger charge is -2.34. The zero-order valence-electron chi connectivity index (χ0n) is 16.5. The molecule has 2 heterocycles. The van der Waals surface area contributed by atoms with Crippen molar-refractivity contribution in [1.82, 2.24) is 4.98 Å². The molecule has 3 N–H and O–H groups in total. The van der Waals surface area contributed by atoms with Gasteiger partial charge in [-0.25, -0.2) is 23.1 Å². The van der Waals surface area contributed by atoms with Crippen molar-refractivity contribution in [1.29, 1.82) is 0 Å².